The molecule has 137 valence electrons. The van der Waals surface area contributed by atoms with Crippen molar-refractivity contribution in [2.75, 3.05) is 7.11 Å². The van der Waals surface area contributed by atoms with E-state index in [1.807, 2.05) is 18.3 Å². The zero-order chi connectivity index (χ0) is 18.0. The molecule has 1 N–H and O–H groups in total. The third-order valence-electron chi connectivity index (χ3n) is 4.38. The van der Waals surface area contributed by atoms with Crippen molar-refractivity contribution in [1.29, 1.82) is 0 Å². The number of hydrogen-bond donors (Lipinski definition) is 1. The molecular weight excluding hydrogens is 502 g/mol. The second-order valence-electron chi connectivity index (χ2n) is 6.30. The van der Waals surface area contributed by atoms with E-state index in [-0.39, 0.29) is 26.7 Å². The largest absolute Gasteiger partial charge is 0.540 e. The molecule has 0 atom stereocenters. The molecule has 26 heavy (non-hydrogen) atoms. The van der Waals surface area contributed by atoms with Crippen LogP contribution in [0.1, 0.15) is 22.3 Å². The van der Waals surface area contributed by atoms with E-state index in [2.05, 4.69) is 50.0 Å². The molecule has 1 heterocycles. The SMILES string of the molecule is COc1c[c-]c(-c2cc(-c3c(C)cc(C)cc3C)ccn2)c(CO)c1.[Ir]. The Hall–Kier alpha value is -2.00. The van der Waals surface area contributed by atoms with Crippen LogP contribution in [0, 0.1) is 26.8 Å². The predicted octanol–water partition coefficient (Wildman–Crippen LogP) is 4.64. The van der Waals surface area contributed by atoms with Gasteiger partial charge < -0.3 is 14.8 Å². The Kier molecular flexibility index (Phi) is 6.71. The van der Waals surface area contributed by atoms with Crippen LogP contribution in [-0.4, -0.2) is 17.2 Å². The number of benzene rings is 2. The van der Waals surface area contributed by atoms with E-state index in [0.29, 0.717) is 5.75 Å². The summed E-state index contributed by atoms with van der Waals surface area (Å²) in [6, 6.07) is 15.3. The maximum absolute atomic E-state index is 9.70. The fraction of sp³-hybridized carbons (Fsp3) is 0.227. The Bertz CT molecular complexity index is 899. The third-order valence-corrected chi connectivity index (χ3v) is 4.38. The first-order valence-corrected chi connectivity index (χ1v) is 8.27. The minimum atomic E-state index is -0.0858. The number of pyridine rings is 1. The van der Waals surface area contributed by atoms with Crippen molar-refractivity contribution in [2.45, 2.75) is 27.4 Å². The second-order valence-corrected chi connectivity index (χ2v) is 6.30. The van der Waals surface area contributed by atoms with E-state index >= 15 is 0 Å². The van der Waals surface area contributed by atoms with Gasteiger partial charge in [0.05, 0.1) is 7.11 Å². The van der Waals surface area contributed by atoms with Gasteiger partial charge >= 0.3 is 0 Å². The molecule has 0 amide bonds. The van der Waals surface area contributed by atoms with Gasteiger partial charge in [0.25, 0.3) is 0 Å². The van der Waals surface area contributed by atoms with Gasteiger partial charge in [0.2, 0.25) is 0 Å². The summed E-state index contributed by atoms with van der Waals surface area (Å²) in [5, 5.41) is 9.70. The van der Waals surface area contributed by atoms with Crippen molar-refractivity contribution < 1.29 is 29.9 Å². The number of hydrogen-bond acceptors (Lipinski definition) is 3. The summed E-state index contributed by atoms with van der Waals surface area (Å²) < 4.78 is 5.22. The van der Waals surface area contributed by atoms with Crippen LogP contribution in [0.3, 0.4) is 0 Å². The smallest absolute Gasteiger partial charge is 0.0647 e. The maximum atomic E-state index is 9.70. The fourth-order valence-electron chi connectivity index (χ4n) is 3.36. The van der Waals surface area contributed by atoms with E-state index < -0.39 is 0 Å². The summed E-state index contributed by atoms with van der Waals surface area (Å²) >= 11 is 0. The normalized spacial score (nSPS) is 10.3. The topological polar surface area (TPSA) is 42.4 Å². The molecule has 0 aliphatic heterocycles. The standard InChI is InChI=1S/C22H22NO2.Ir/c1-14-9-15(2)22(16(3)10-14)17-7-8-23-21(12-17)20-6-5-19(25-4)11-18(20)13-24;/h5,7-12,24H,13H2,1-4H3;/q-1;. The van der Waals surface area contributed by atoms with Gasteiger partial charge in [-0.15, -0.1) is 17.7 Å². The van der Waals surface area contributed by atoms with E-state index in [1.165, 1.54) is 22.3 Å². The van der Waals surface area contributed by atoms with Crippen LogP contribution in [0.15, 0.2) is 42.6 Å². The molecule has 1 radical (unpaired) electrons. The van der Waals surface area contributed by atoms with E-state index in [9.17, 15) is 5.11 Å². The number of rotatable bonds is 4. The molecule has 0 spiro atoms. The predicted molar refractivity (Wildman–Crippen MR) is 101 cm³/mol. The summed E-state index contributed by atoms with van der Waals surface area (Å²) in [6.07, 6.45) is 1.81. The number of aromatic nitrogens is 1. The monoisotopic (exact) mass is 525 g/mol. The van der Waals surface area contributed by atoms with Crippen molar-refractivity contribution in [2.24, 2.45) is 0 Å². The molecule has 0 aliphatic rings. The molecule has 3 rings (SSSR count). The fourth-order valence-corrected chi connectivity index (χ4v) is 3.36. The van der Waals surface area contributed by atoms with Gasteiger partial charge in [0.1, 0.15) is 0 Å². The van der Waals surface area contributed by atoms with Crippen molar-refractivity contribution >= 4 is 0 Å². The first-order valence-electron chi connectivity index (χ1n) is 8.27. The minimum absolute atomic E-state index is 0. The second kappa shape index (κ2) is 8.59. The number of ether oxygens (including phenoxy) is 1. The average Bonchev–Trinajstić information content (AvgIpc) is 2.60. The molecule has 0 bridgehead atoms. The molecular formula is C22H22IrNO2-. The molecule has 2 aromatic carbocycles. The Balaban J connectivity index is 0.00000243. The summed E-state index contributed by atoms with van der Waals surface area (Å²) in [6.45, 7) is 6.29. The van der Waals surface area contributed by atoms with Crippen molar-refractivity contribution in [3.8, 4) is 28.1 Å². The van der Waals surface area contributed by atoms with Gasteiger partial charge in [-0.25, -0.2) is 0 Å². The number of aryl methyl sites for hydroxylation is 3. The van der Waals surface area contributed by atoms with Crippen LogP contribution in [0.25, 0.3) is 22.4 Å². The van der Waals surface area contributed by atoms with E-state index in [0.717, 1.165) is 22.4 Å². The molecule has 0 fully saturated rings. The van der Waals surface area contributed by atoms with E-state index in [1.54, 1.807) is 13.2 Å². The zero-order valence-corrected chi connectivity index (χ0v) is 17.8. The third kappa shape index (κ3) is 4.04. The van der Waals surface area contributed by atoms with Crippen LogP contribution in [-0.2, 0) is 26.7 Å². The van der Waals surface area contributed by atoms with Gasteiger partial charge in [0.15, 0.2) is 0 Å². The van der Waals surface area contributed by atoms with Crippen molar-refractivity contribution in [3.63, 3.8) is 0 Å². The van der Waals surface area contributed by atoms with Crippen LogP contribution in [0.4, 0.5) is 0 Å². The van der Waals surface area contributed by atoms with E-state index in [4.69, 9.17) is 4.74 Å². The number of methoxy groups -OCH3 is 1. The van der Waals surface area contributed by atoms with Gasteiger partial charge in [-0.3, -0.25) is 0 Å². The summed E-state index contributed by atoms with van der Waals surface area (Å²) in [5.41, 5.74) is 8.45. The van der Waals surface area contributed by atoms with Crippen molar-refractivity contribution in [3.05, 3.63) is 70.9 Å². The molecule has 0 unspecified atom stereocenters. The first kappa shape index (κ1) is 20.3. The van der Waals surface area contributed by atoms with Gasteiger partial charge in [0, 0.05) is 38.7 Å². The number of aliphatic hydroxyl groups is 1. The molecule has 0 saturated heterocycles. The molecule has 3 aromatic rings. The molecule has 1 aromatic heterocycles. The minimum Gasteiger partial charge on any atom is -0.540 e. The molecule has 4 heteroatoms. The van der Waals surface area contributed by atoms with Gasteiger partial charge in [-0.1, -0.05) is 35.4 Å². The van der Waals surface area contributed by atoms with Crippen LogP contribution in [0.5, 0.6) is 5.75 Å². The Morgan fingerprint density at radius 2 is 1.77 bits per heavy atom. The van der Waals surface area contributed by atoms with Crippen LogP contribution >= 0.6 is 0 Å². The molecule has 0 aliphatic carbocycles. The van der Waals surface area contributed by atoms with Gasteiger partial charge in [-0.2, -0.15) is 0 Å². The Morgan fingerprint density at radius 1 is 1.08 bits per heavy atom. The summed E-state index contributed by atoms with van der Waals surface area (Å²) in [7, 11) is 1.60. The average molecular weight is 525 g/mol. The summed E-state index contributed by atoms with van der Waals surface area (Å²) in [5.74, 6) is 0.675. The number of aliphatic hydroxyl groups excluding tert-OH is 1. The molecule has 3 nitrogen and oxygen atoms in total. The number of nitrogens with zero attached hydrogens (tertiary/aromatic N) is 1. The maximum Gasteiger partial charge on any atom is 0.0647 e. The molecule has 0 saturated carbocycles. The zero-order valence-electron chi connectivity index (χ0n) is 15.4. The first-order chi connectivity index (χ1) is 12.0. The van der Waals surface area contributed by atoms with Crippen LogP contribution in [0.2, 0.25) is 0 Å². The summed E-state index contributed by atoms with van der Waals surface area (Å²) in [4.78, 5) is 4.49. The Labute approximate surface area is 168 Å². The quantitative estimate of drug-likeness (QED) is 0.506. The Morgan fingerprint density at radius 3 is 2.38 bits per heavy atom. The van der Waals surface area contributed by atoms with Crippen LogP contribution < -0.4 is 4.74 Å². The van der Waals surface area contributed by atoms with Crippen molar-refractivity contribution in [1.82, 2.24) is 4.98 Å². The van der Waals surface area contributed by atoms with Gasteiger partial charge in [-0.05, 0) is 54.8 Å².